The fourth-order valence-corrected chi connectivity index (χ4v) is 4.78. The summed E-state index contributed by atoms with van der Waals surface area (Å²) in [6, 6.07) is 7.33. The molecule has 176 valence electrons. The fraction of sp³-hybridized carbons (Fsp3) is 0.240. The Balaban J connectivity index is 1.58. The lowest BCUT2D eigenvalue weighted by atomic mass is 9.87. The summed E-state index contributed by atoms with van der Waals surface area (Å²) in [6.45, 7) is 0.108. The molecule has 1 aliphatic heterocycles. The van der Waals surface area contributed by atoms with Gasteiger partial charge in [-0.1, -0.05) is 6.07 Å². The van der Waals surface area contributed by atoms with Crippen molar-refractivity contribution < 1.29 is 19.1 Å². The van der Waals surface area contributed by atoms with Crippen molar-refractivity contribution in [3.05, 3.63) is 70.9 Å². The Morgan fingerprint density at radius 3 is 2.71 bits per heavy atom. The number of nitriles is 1. The highest BCUT2D eigenvalue weighted by Crippen LogP contribution is 2.36. The second kappa shape index (κ2) is 8.36. The topological polar surface area (TPSA) is 117 Å². The number of carbonyl (C=O) groups is 2. The summed E-state index contributed by atoms with van der Waals surface area (Å²) in [5.41, 5.74) is 3.30. The van der Waals surface area contributed by atoms with Gasteiger partial charge in [0.05, 0.1) is 35.1 Å². The molecule has 0 unspecified atom stereocenters. The molecule has 35 heavy (non-hydrogen) atoms. The average Bonchev–Trinajstić information content (AvgIpc) is 3.41. The van der Waals surface area contributed by atoms with Crippen LogP contribution in [-0.2, 0) is 31.7 Å². The first-order chi connectivity index (χ1) is 16.8. The minimum absolute atomic E-state index is 0.0574. The van der Waals surface area contributed by atoms with Gasteiger partial charge in [0, 0.05) is 44.2 Å². The summed E-state index contributed by atoms with van der Waals surface area (Å²) in [5, 5.41) is 28.8. The van der Waals surface area contributed by atoms with Crippen LogP contribution in [-0.4, -0.2) is 54.0 Å². The number of carboxylic acids is 1. The van der Waals surface area contributed by atoms with E-state index in [0.717, 1.165) is 10.9 Å². The zero-order valence-corrected chi connectivity index (χ0v) is 19.1. The number of carbonyl (C=O) groups excluding carboxylic acids is 1. The van der Waals surface area contributed by atoms with Gasteiger partial charge in [-0.15, -0.1) is 0 Å². The Morgan fingerprint density at radius 2 is 2.03 bits per heavy atom. The molecule has 0 fully saturated rings. The molecule has 9 nitrogen and oxygen atoms in total. The fourth-order valence-electron chi connectivity index (χ4n) is 4.78. The van der Waals surface area contributed by atoms with Crippen LogP contribution in [0, 0.1) is 17.1 Å². The maximum Gasteiger partial charge on any atom is 0.326 e. The second-order valence-electron chi connectivity index (χ2n) is 8.61. The molecule has 0 saturated heterocycles. The number of hydrogen-bond acceptors (Lipinski definition) is 5. The number of nitrogens with zero attached hydrogens (tertiary/aromatic N) is 6. The van der Waals surface area contributed by atoms with Gasteiger partial charge in [-0.05, 0) is 41.3 Å². The molecular formula is C25H21FN6O3. The molecule has 0 aliphatic carbocycles. The summed E-state index contributed by atoms with van der Waals surface area (Å²) in [7, 11) is 3.50. The SMILES string of the molecule is Cn1cc(C[C@H](C(=O)O)N2CCc3c(-c4cc5cnn(C)c5cc4C#N)ccc(F)c3C2=O)cn1. The third kappa shape index (κ3) is 3.71. The molecule has 1 amide bonds. The lowest BCUT2D eigenvalue weighted by molar-refractivity contribution is -0.142. The minimum atomic E-state index is -1.17. The van der Waals surface area contributed by atoms with Crippen molar-refractivity contribution >= 4 is 22.8 Å². The van der Waals surface area contributed by atoms with E-state index in [1.807, 2.05) is 6.07 Å². The van der Waals surface area contributed by atoms with Gasteiger partial charge in [-0.25, -0.2) is 9.18 Å². The summed E-state index contributed by atoms with van der Waals surface area (Å²) in [5.74, 6) is -2.57. The maximum absolute atomic E-state index is 15.0. The quantitative estimate of drug-likeness (QED) is 0.477. The van der Waals surface area contributed by atoms with Crippen molar-refractivity contribution in [2.24, 2.45) is 14.1 Å². The normalized spacial score (nSPS) is 14.1. The number of aliphatic carboxylic acids is 1. The zero-order valence-electron chi connectivity index (χ0n) is 19.1. The van der Waals surface area contributed by atoms with Gasteiger partial charge in [-0.3, -0.25) is 14.2 Å². The summed E-state index contributed by atoms with van der Waals surface area (Å²) >= 11 is 0. The Hall–Kier alpha value is -4.52. The van der Waals surface area contributed by atoms with Gasteiger partial charge in [-0.2, -0.15) is 15.5 Å². The molecule has 2 aromatic carbocycles. The van der Waals surface area contributed by atoms with Gasteiger partial charge in [0.1, 0.15) is 11.9 Å². The molecule has 10 heteroatoms. The molecule has 1 atom stereocenters. The molecule has 2 aromatic heterocycles. The predicted molar refractivity (Wildman–Crippen MR) is 124 cm³/mol. The van der Waals surface area contributed by atoms with Gasteiger partial charge < -0.3 is 10.0 Å². The van der Waals surface area contributed by atoms with Crippen molar-refractivity contribution in [1.29, 1.82) is 5.26 Å². The van der Waals surface area contributed by atoms with E-state index in [0.29, 0.717) is 27.8 Å². The molecule has 0 radical (unpaired) electrons. The van der Waals surface area contributed by atoms with E-state index < -0.39 is 23.7 Å². The highest BCUT2D eigenvalue weighted by molar-refractivity contribution is 6.01. The number of aromatic nitrogens is 4. The van der Waals surface area contributed by atoms with E-state index in [9.17, 15) is 20.0 Å². The highest BCUT2D eigenvalue weighted by atomic mass is 19.1. The van der Waals surface area contributed by atoms with Crippen molar-refractivity contribution in [3.8, 4) is 17.2 Å². The lowest BCUT2D eigenvalue weighted by Gasteiger charge is -2.34. The molecular weight excluding hydrogens is 451 g/mol. The minimum Gasteiger partial charge on any atom is -0.480 e. The van der Waals surface area contributed by atoms with Crippen LogP contribution >= 0.6 is 0 Å². The zero-order chi connectivity index (χ0) is 24.9. The number of benzene rings is 2. The monoisotopic (exact) mass is 472 g/mol. The molecule has 4 aromatic rings. The summed E-state index contributed by atoms with van der Waals surface area (Å²) in [6.07, 6.45) is 5.23. The number of amides is 1. The Morgan fingerprint density at radius 1 is 1.23 bits per heavy atom. The van der Waals surface area contributed by atoms with Crippen LogP contribution in [0.4, 0.5) is 4.39 Å². The Labute approximate surface area is 199 Å². The van der Waals surface area contributed by atoms with Crippen LogP contribution in [0.25, 0.3) is 22.0 Å². The average molecular weight is 472 g/mol. The first kappa shape index (κ1) is 22.3. The van der Waals surface area contributed by atoms with Crippen LogP contribution in [0.3, 0.4) is 0 Å². The van der Waals surface area contributed by atoms with E-state index in [1.54, 1.807) is 54.2 Å². The lowest BCUT2D eigenvalue weighted by Crippen LogP contribution is -2.50. The van der Waals surface area contributed by atoms with Gasteiger partial charge in [0.2, 0.25) is 0 Å². The number of fused-ring (bicyclic) bond motifs is 2. The van der Waals surface area contributed by atoms with Crippen LogP contribution in [0.15, 0.2) is 42.9 Å². The summed E-state index contributed by atoms with van der Waals surface area (Å²) < 4.78 is 18.3. The van der Waals surface area contributed by atoms with E-state index in [2.05, 4.69) is 16.3 Å². The van der Waals surface area contributed by atoms with Crippen molar-refractivity contribution in [3.63, 3.8) is 0 Å². The first-order valence-electron chi connectivity index (χ1n) is 11.0. The van der Waals surface area contributed by atoms with E-state index in [1.165, 1.54) is 11.0 Å². The van der Waals surface area contributed by atoms with Gasteiger partial charge in [0.25, 0.3) is 5.91 Å². The number of halogens is 1. The van der Waals surface area contributed by atoms with Crippen LogP contribution in [0.1, 0.15) is 27.0 Å². The molecule has 0 bridgehead atoms. The third-order valence-electron chi connectivity index (χ3n) is 6.48. The van der Waals surface area contributed by atoms with E-state index in [4.69, 9.17) is 0 Å². The van der Waals surface area contributed by atoms with E-state index in [-0.39, 0.29) is 24.9 Å². The van der Waals surface area contributed by atoms with Crippen LogP contribution in [0.2, 0.25) is 0 Å². The predicted octanol–water partition coefficient (Wildman–Crippen LogP) is 2.68. The Bertz CT molecular complexity index is 1550. The molecule has 3 heterocycles. The van der Waals surface area contributed by atoms with Crippen molar-refractivity contribution in [2.75, 3.05) is 6.54 Å². The third-order valence-corrected chi connectivity index (χ3v) is 6.48. The van der Waals surface area contributed by atoms with Crippen LogP contribution in [0.5, 0.6) is 0 Å². The standard InChI is InChI=1S/C25H21FN6O3/c1-30-13-14(11-28-30)7-22(25(34)35)32-6-5-18-17(3-4-20(26)23(18)24(32)33)19-8-16-12-29-31(2)21(16)9-15(19)10-27/h3-4,8-9,11-13,22H,5-7H2,1-2H3,(H,34,35)/t22-/m1/s1. The molecule has 1 aliphatic rings. The number of carboxylic acid groups (broad SMARTS) is 1. The maximum atomic E-state index is 15.0. The van der Waals surface area contributed by atoms with E-state index >= 15 is 4.39 Å². The molecule has 0 spiro atoms. The Kier molecular flexibility index (Phi) is 5.32. The largest absolute Gasteiger partial charge is 0.480 e. The molecule has 0 saturated carbocycles. The summed E-state index contributed by atoms with van der Waals surface area (Å²) in [4.78, 5) is 26.8. The van der Waals surface area contributed by atoms with Gasteiger partial charge >= 0.3 is 5.97 Å². The number of hydrogen-bond donors (Lipinski definition) is 1. The van der Waals surface area contributed by atoms with Gasteiger partial charge in [0.15, 0.2) is 0 Å². The van der Waals surface area contributed by atoms with Crippen LogP contribution < -0.4 is 0 Å². The smallest absolute Gasteiger partial charge is 0.326 e. The first-order valence-corrected chi connectivity index (χ1v) is 11.0. The van der Waals surface area contributed by atoms with Crippen molar-refractivity contribution in [1.82, 2.24) is 24.5 Å². The molecule has 5 rings (SSSR count). The number of aryl methyl sites for hydroxylation is 2. The second-order valence-corrected chi connectivity index (χ2v) is 8.61. The van der Waals surface area contributed by atoms with Crippen molar-refractivity contribution in [2.45, 2.75) is 18.9 Å². The highest BCUT2D eigenvalue weighted by Gasteiger charge is 2.37. The number of rotatable bonds is 5. The molecule has 1 N–H and O–H groups in total.